The van der Waals surface area contributed by atoms with Crippen LogP contribution in [0.1, 0.15) is 29.7 Å². The van der Waals surface area contributed by atoms with E-state index in [1.807, 2.05) is 0 Å². The highest BCUT2D eigenvalue weighted by molar-refractivity contribution is 6.30. The average Bonchev–Trinajstić information content (AvgIpc) is 2.51. The zero-order valence-electron chi connectivity index (χ0n) is 11.2. The van der Waals surface area contributed by atoms with Crippen molar-refractivity contribution in [2.45, 2.75) is 25.7 Å². The summed E-state index contributed by atoms with van der Waals surface area (Å²) in [6, 6.07) is 8.34. The van der Waals surface area contributed by atoms with Gasteiger partial charge in [0.1, 0.15) is 11.6 Å². The number of ether oxygens (including phenoxy) is 1. The second-order valence-corrected chi connectivity index (χ2v) is 5.33. The van der Waals surface area contributed by atoms with Crippen molar-refractivity contribution < 1.29 is 9.13 Å². The van der Waals surface area contributed by atoms with E-state index in [2.05, 4.69) is 11.1 Å². The largest absolute Gasteiger partial charge is 0.435 e. The molecule has 1 aromatic carbocycles. The van der Waals surface area contributed by atoms with Gasteiger partial charge in [-0.3, -0.25) is 0 Å². The number of fused-ring (bicyclic) bond motifs is 1. The highest BCUT2D eigenvalue weighted by Crippen LogP contribution is 2.31. The minimum absolute atomic E-state index is 0.0241. The number of hydrogen-bond donors (Lipinski definition) is 0. The van der Waals surface area contributed by atoms with Crippen molar-refractivity contribution >= 4 is 11.6 Å². The Morgan fingerprint density at radius 1 is 1.29 bits per heavy atom. The molecule has 1 heterocycles. The third-order valence-electron chi connectivity index (χ3n) is 3.51. The molecule has 5 heteroatoms. The number of hydrogen-bond acceptors (Lipinski definition) is 3. The van der Waals surface area contributed by atoms with E-state index in [4.69, 9.17) is 16.3 Å². The van der Waals surface area contributed by atoms with Gasteiger partial charge in [0.05, 0.1) is 5.02 Å². The van der Waals surface area contributed by atoms with Crippen LogP contribution < -0.4 is 4.74 Å². The van der Waals surface area contributed by atoms with Crippen LogP contribution in [0.5, 0.6) is 11.6 Å². The predicted molar refractivity (Wildman–Crippen MR) is 77.1 cm³/mol. The van der Waals surface area contributed by atoms with Gasteiger partial charge >= 0.3 is 0 Å². The molecule has 0 bridgehead atoms. The summed E-state index contributed by atoms with van der Waals surface area (Å²) in [5, 5.41) is 9.21. The van der Waals surface area contributed by atoms with Crippen LogP contribution in [-0.2, 0) is 12.8 Å². The first-order chi connectivity index (χ1) is 10.2. The fourth-order valence-corrected chi connectivity index (χ4v) is 2.61. The van der Waals surface area contributed by atoms with Crippen LogP contribution in [0.15, 0.2) is 24.3 Å². The van der Waals surface area contributed by atoms with E-state index in [0.29, 0.717) is 5.56 Å². The van der Waals surface area contributed by atoms with E-state index in [0.717, 1.165) is 36.9 Å². The van der Waals surface area contributed by atoms with Gasteiger partial charge in [-0.1, -0.05) is 17.7 Å². The summed E-state index contributed by atoms with van der Waals surface area (Å²) in [5.41, 5.74) is 2.32. The Bertz CT molecular complexity index is 740. The van der Waals surface area contributed by atoms with Crippen LogP contribution in [0.4, 0.5) is 4.39 Å². The third kappa shape index (κ3) is 2.70. The number of halogens is 2. The van der Waals surface area contributed by atoms with Crippen LogP contribution in [0.2, 0.25) is 5.02 Å². The Morgan fingerprint density at radius 3 is 2.90 bits per heavy atom. The fourth-order valence-electron chi connectivity index (χ4n) is 2.44. The molecular formula is C16H12ClFN2O. The lowest BCUT2D eigenvalue weighted by atomic mass is 9.95. The molecule has 1 aliphatic carbocycles. The van der Waals surface area contributed by atoms with E-state index in [-0.39, 0.29) is 16.7 Å². The normalized spacial score (nSPS) is 13.4. The van der Waals surface area contributed by atoms with Gasteiger partial charge < -0.3 is 4.74 Å². The minimum Gasteiger partial charge on any atom is -0.435 e. The summed E-state index contributed by atoms with van der Waals surface area (Å²) < 4.78 is 19.4. The molecular weight excluding hydrogens is 291 g/mol. The first kappa shape index (κ1) is 13.8. The molecule has 0 fully saturated rings. The lowest BCUT2D eigenvalue weighted by molar-refractivity contribution is 0.423. The summed E-state index contributed by atoms with van der Waals surface area (Å²) in [6.07, 6.45) is 3.94. The number of nitrogens with zero attached hydrogens (tertiary/aromatic N) is 2. The maximum Gasteiger partial charge on any atom is 0.237 e. The zero-order valence-corrected chi connectivity index (χ0v) is 12.0. The summed E-state index contributed by atoms with van der Waals surface area (Å²) in [6.45, 7) is 0. The number of aromatic nitrogens is 1. The monoisotopic (exact) mass is 302 g/mol. The topological polar surface area (TPSA) is 45.9 Å². The maximum absolute atomic E-state index is 13.9. The van der Waals surface area contributed by atoms with Crippen molar-refractivity contribution in [1.82, 2.24) is 4.98 Å². The van der Waals surface area contributed by atoms with Crippen LogP contribution >= 0.6 is 11.6 Å². The van der Waals surface area contributed by atoms with E-state index < -0.39 is 5.82 Å². The molecule has 21 heavy (non-hydrogen) atoms. The number of rotatable bonds is 2. The molecule has 0 amide bonds. The van der Waals surface area contributed by atoms with Crippen LogP contribution in [0, 0.1) is 17.1 Å². The molecule has 1 aliphatic rings. The summed E-state index contributed by atoms with van der Waals surface area (Å²) in [5.74, 6) is -0.538. The van der Waals surface area contributed by atoms with Crippen molar-refractivity contribution in [2.24, 2.45) is 0 Å². The third-order valence-corrected chi connectivity index (χ3v) is 3.80. The van der Waals surface area contributed by atoms with Crippen LogP contribution in [0.25, 0.3) is 0 Å². The second kappa shape index (κ2) is 5.71. The average molecular weight is 303 g/mol. The Hall–Kier alpha value is -2.12. The van der Waals surface area contributed by atoms with Gasteiger partial charge in [-0.15, -0.1) is 0 Å². The highest BCUT2D eigenvalue weighted by atomic mass is 35.5. The zero-order chi connectivity index (χ0) is 14.8. The predicted octanol–water partition coefficient (Wildman–Crippen LogP) is 4.42. The van der Waals surface area contributed by atoms with E-state index in [1.54, 1.807) is 12.1 Å². The van der Waals surface area contributed by atoms with Gasteiger partial charge in [-0.05, 0) is 49.4 Å². The smallest absolute Gasteiger partial charge is 0.237 e. The molecule has 106 valence electrons. The Labute approximate surface area is 127 Å². The number of aryl methyl sites for hydroxylation is 2. The molecule has 0 radical (unpaired) electrons. The van der Waals surface area contributed by atoms with E-state index in [9.17, 15) is 9.65 Å². The number of benzene rings is 1. The molecule has 0 saturated heterocycles. The van der Waals surface area contributed by atoms with Crippen molar-refractivity contribution in [3.05, 3.63) is 51.9 Å². The first-order valence-electron chi connectivity index (χ1n) is 6.74. The summed E-state index contributed by atoms with van der Waals surface area (Å²) in [7, 11) is 0. The van der Waals surface area contributed by atoms with Crippen molar-refractivity contribution in [2.75, 3.05) is 0 Å². The van der Waals surface area contributed by atoms with Gasteiger partial charge in [-0.25, -0.2) is 9.37 Å². The lowest BCUT2D eigenvalue weighted by Gasteiger charge is -2.17. The second-order valence-electron chi connectivity index (χ2n) is 4.92. The SMILES string of the molecule is N#Cc1cc2c(nc1Oc1cccc(Cl)c1F)CCCC2. The Kier molecular flexibility index (Phi) is 3.76. The molecule has 0 atom stereocenters. The quantitative estimate of drug-likeness (QED) is 0.825. The molecule has 0 N–H and O–H groups in total. The van der Waals surface area contributed by atoms with Crippen LogP contribution in [-0.4, -0.2) is 4.98 Å². The lowest BCUT2D eigenvalue weighted by Crippen LogP contribution is -2.07. The van der Waals surface area contributed by atoms with Crippen molar-refractivity contribution in [3.8, 4) is 17.7 Å². The highest BCUT2D eigenvalue weighted by Gasteiger charge is 2.18. The number of nitriles is 1. The molecule has 1 aromatic heterocycles. The molecule has 3 rings (SSSR count). The van der Waals surface area contributed by atoms with Gasteiger partial charge in [0.2, 0.25) is 5.88 Å². The van der Waals surface area contributed by atoms with Gasteiger partial charge in [-0.2, -0.15) is 5.26 Å². The van der Waals surface area contributed by atoms with Gasteiger partial charge in [0, 0.05) is 5.69 Å². The molecule has 0 unspecified atom stereocenters. The summed E-state index contributed by atoms with van der Waals surface area (Å²) in [4.78, 5) is 4.40. The molecule has 0 spiro atoms. The van der Waals surface area contributed by atoms with Crippen molar-refractivity contribution in [3.63, 3.8) is 0 Å². The first-order valence-corrected chi connectivity index (χ1v) is 7.11. The maximum atomic E-state index is 13.9. The van der Waals surface area contributed by atoms with Gasteiger partial charge in [0.25, 0.3) is 0 Å². The molecule has 0 aliphatic heterocycles. The van der Waals surface area contributed by atoms with E-state index in [1.165, 1.54) is 12.1 Å². The molecule has 0 saturated carbocycles. The van der Waals surface area contributed by atoms with Crippen molar-refractivity contribution in [1.29, 1.82) is 5.26 Å². The standard InChI is InChI=1S/C16H12ClFN2O/c17-12-5-3-7-14(15(12)18)21-16-11(9-19)8-10-4-1-2-6-13(10)20-16/h3,5,7-8H,1-2,4,6H2. The molecule has 3 nitrogen and oxygen atoms in total. The minimum atomic E-state index is -0.650. The Morgan fingerprint density at radius 2 is 2.10 bits per heavy atom. The molecule has 2 aromatic rings. The van der Waals surface area contributed by atoms with Crippen LogP contribution in [0.3, 0.4) is 0 Å². The van der Waals surface area contributed by atoms with Gasteiger partial charge in [0.15, 0.2) is 11.6 Å². The number of pyridine rings is 1. The fraction of sp³-hybridized carbons (Fsp3) is 0.250. The Balaban J connectivity index is 2.02. The van der Waals surface area contributed by atoms with E-state index >= 15 is 0 Å². The summed E-state index contributed by atoms with van der Waals surface area (Å²) >= 11 is 5.73.